The number of nitrogens with zero attached hydrogens (tertiary/aromatic N) is 1. The highest BCUT2D eigenvalue weighted by Crippen LogP contribution is 2.39. The lowest BCUT2D eigenvalue weighted by Crippen LogP contribution is -2.08. The number of ether oxygens (including phenoxy) is 2. The molecule has 0 bridgehead atoms. The Hall–Kier alpha value is -1.83. The average molecular weight is 399 g/mol. The molecule has 0 spiro atoms. The van der Waals surface area contributed by atoms with Gasteiger partial charge < -0.3 is 9.47 Å². The number of para-hydroxylation sites is 1. The van der Waals surface area contributed by atoms with Crippen LogP contribution in [0, 0.1) is 13.7 Å². The molecule has 0 atom stereocenters. The summed E-state index contributed by atoms with van der Waals surface area (Å²) in [6, 6.07) is 12.1. The fourth-order valence-electron chi connectivity index (χ4n) is 1.77. The molecule has 2 aromatic carbocycles. The zero-order valence-electron chi connectivity index (χ0n) is 11.6. The summed E-state index contributed by atoms with van der Waals surface area (Å²) in [7, 11) is 0. The van der Waals surface area contributed by atoms with Crippen LogP contribution in [0.15, 0.2) is 42.5 Å². The van der Waals surface area contributed by atoms with Gasteiger partial charge in [-0.05, 0) is 66.8 Å². The van der Waals surface area contributed by atoms with Gasteiger partial charge in [0.1, 0.15) is 5.75 Å². The second-order valence-electron chi connectivity index (χ2n) is 4.59. The monoisotopic (exact) mass is 399 g/mol. The van der Waals surface area contributed by atoms with Crippen LogP contribution in [0.3, 0.4) is 0 Å². The van der Waals surface area contributed by atoms with Gasteiger partial charge in [-0.15, -0.1) is 0 Å². The SMILES string of the molecule is CC(C)Oc1cccc(Oc2cccc(I)c2)c1[N+](=O)[O-]. The number of hydrogen-bond donors (Lipinski definition) is 0. The second-order valence-corrected chi connectivity index (χ2v) is 5.83. The lowest BCUT2D eigenvalue weighted by molar-refractivity contribution is -0.386. The molecular formula is C15H14INO4. The maximum Gasteiger partial charge on any atom is 0.352 e. The maximum atomic E-state index is 11.3. The van der Waals surface area contributed by atoms with Crippen LogP contribution >= 0.6 is 22.6 Å². The van der Waals surface area contributed by atoms with E-state index >= 15 is 0 Å². The van der Waals surface area contributed by atoms with Crippen molar-refractivity contribution in [2.24, 2.45) is 0 Å². The molecule has 0 saturated carbocycles. The van der Waals surface area contributed by atoms with E-state index in [-0.39, 0.29) is 23.3 Å². The molecule has 0 N–H and O–H groups in total. The Morgan fingerprint density at radius 3 is 2.43 bits per heavy atom. The number of nitro groups is 1. The number of rotatable bonds is 5. The smallest absolute Gasteiger partial charge is 0.352 e. The first-order valence-electron chi connectivity index (χ1n) is 6.35. The minimum absolute atomic E-state index is 0.156. The molecule has 2 aromatic rings. The van der Waals surface area contributed by atoms with Gasteiger partial charge in [-0.1, -0.05) is 12.1 Å². The first kappa shape index (κ1) is 15.6. The molecule has 0 saturated heterocycles. The van der Waals surface area contributed by atoms with Gasteiger partial charge >= 0.3 is 5.69 Å². The Morgan fingerprint density at radius 2 is 1.81 bits per heavy atom. The lowest BCUT2D eigenvalue weighted by atomic mass is 10.2. The zero-order chi connectivity index (χ0) is 15.4. The van der Waals surface area contributed by atoms with Crippen LogP contribution in [0.25, 0.3) is 0 Å². The molecule has 0 unspecified atom stereocenters. The van der Waals surface area contributed by atoms with Gasteiger partial charge in [0.2, 0.25) is 11.5 Å². The van der Waals surface area contributed by atoms with Gasteiger partial charge in [-0.2, -0.15) is 0 Å². The summed E-state index contributed by atoms with van der Waals surface area (Å²) >= 11 is 2.15. The van der Waals surface area contributed by atoms with Crippen molar-refractivity contribution in [3.63, 3.8) is 0 Å². The Kier molecular flexibility index (Phi) is 5.00. The predicted molar refractivity (Wildman–Crippen MR) is 88.1 cm³/mol. The van der Waals surface area contributed by atoms with E-state index in [1.165, 1.54) is 0 Å². The van der Waals surface area contributed by atoms with Gasteiger partial charge in [0.25, 0.3) is 0 Å². The van der Waals surface area contributed by atoms with E-state index in [4.69, 9.17) is 9.47 Å². The largest absolute Gasteiger partial charge is 0.484 e. The van der Waals surface area contributed by atoms with E-state index in [0.29, 0.717) is 5.75 Å². The second kappa shape index (κ2) is 6.75. The van der Waals surface area contributed by atoms with Crippen molar-refractivity contribution in [2.75, 3.05) is 0 Å². The van der Waals surface area contributed by atoms with Gasteiger partial charge in [0, 0.05) is 3.57 Å². The van der Waals surface area contributed by atoms with Crippen LogP contribution < -0.4 is 9.47 Å². The number of nitro benzene ring substituents is 1. The van der Waals surface area contributed by atoms with E-state index in [9.17, 15) is 10.1 Å². The third-order valence-electron chi connectivity index (χ3n) is 2.53. The number of benzene rings is 2. The summed E-state index contributed by atoms with van der Waals surface area (Å²) in [5, 5.41) is 11.3. The predicted octanol–water partition coefficient (Wildman–Crippen LogP) is 4.78. The number of halogens is 1. The van der Waals surface area contributed by atoms with E-state index in [0.717, 1.165) is 3.57 Å². The molecule has 21 heavy (non-hydrogen) atoms. The van der Waals surface area contributed by atoms with Crippen molar-refractivity contribution < 1.29 is 14.4 Å². The van der Waals surface area contributed by atoms with E-state index in [1.807, 2.05) is 26.0 Å². The third kappa shape index (κ3) is 4.07. The molecule has 5 nitrogen and oxygen atoms in total. The fraction of sp³-hybridized carbons (Fsp3) is 0.200. The van der Waals surface area contributed by atoms with E-state index in [2.05, 4.69) is 22.6 Å². The Balaban J connectivity index is 2.41. The van der Waals surface area contributed by atoms with Gasteiger partial charge in [-0.3, -0.25) is 10.1 Å². The topological polar surface area (TPSA) is 61.6 Å². The van der Waals surface area contributed by atoms with Crippen molar-refractivity contribution in [1.82, 2.24) is 0 Å². The van der Waals surface area contributed by atoms with Crippen molar-refractivity contribution in [3.05, 3.63) is 56.1 Å². The van der Waals surface area contributed by atoms with Crippen LogP contribution in [0.1, 0.15) is 13.8 Å². The van der Waals surface area contributed by atoms with E-state index in [1.54, 1.807) is 30.3 Å². The lowest BCUT2D eigenvalue weighted by Gasteiger charge is -2.12. The van der Waals surface area contributed by atoms with Crippen molar-refractivity contribution in [3.8, 4) is 17.2 Å². The summed E-state index contributed by atoms with van der Waals surface area (Å²) in [6.45, 7) is 3.63. The highest BCUT2D eigenvalue weighted by Gasteiger charge is 2.23. The Labute approximate surface area is 136 Å². The minimum atomic E-state index is -0.485. The highest BCUT2D eigenvalue weighted by molar-refractivity contribution is 14.1. The molecule has 0 aliphatic rings. The summed E-state index contributed by atoms with van der Waals surface area (Å²) in [5.41, 5.74) is -0.162. The quantitative estimate of drug-likeness (QED) is 0.413. The molecule has 0 fully saturated rings. The minimum Gasteiger partial charge on any atom is -0.484 e. The molecular weight excluding hydrogens is 385 g/mol. The maximum absolute atomic E-state index is 11.3. The van der Waals surface area contributed by atoms with Crippen molar-refractivity contribution in [1.29, 1.82) is 0 Å². The summed E-state index contributed by atoms with van der Waals surface area (Å²) in [4.78, 5) is 10.8. The molecule has 110 valence electrons. The number of hydrogen-bond acceptors (Lipinski definition) is 4. The summed E-state index contributed by atoms with van der Waals surface area (Å²) in [6.07, 6.45) is -0.156. The first-order valence-corrected chi connectivity index (χ1v) is 7.42. The van der Waals surface area contributed by atoms with Crippen LogP contribution in [0.5, 0.6) is 17.2 Å². The summed E-state index contributed by atoms with van der Waals surface area (Å²) in [5.74, 6) is 0.921. The van der Waals surface area contributed by atoms with Gasteiger partial charge in [0.05, 0.1) is 11.0 Å². The van der Waals surface area contributed by atoms with Crippen LogP contribution in [-0.4, -0.2) is 11.0 Å². The molecule has 2 rings (SSSR count). The molecule has 0 radical (unpaired) electrons. The molecule has 0 heterocycles. The molecule has 0 amide bonds. The molecule has 0 aliphatic heterocycles. The highest BCUT2D eigenvalue weighted by atomic mass is 127. The fourth-order valence-corrected chi connectivity index (χ4v) is 2.29. The van der Waals surface area contributed by atoms with Gasteiger partial charge in [0.15, 0.2) is 0 Å². The standard InChI is InChI=1S/C15H14INO4/c1-10(2)20-13-7-4-8-14(15(13)17(18)19)21-12-6-3-5-11(16)9-12/h3-10H,1-2H3. The Bertz CT molecular complexity index is 658. The molecule has 0 aromatic heterocycles. The van der Waals surface area contributed by atoms with Crippen LogP contribution in [0.2, 0.25) is 0 Å². The van der Waals surface area contributed by atoms with Crippen LogP contribution in [-0.2, 0) is 0 Å². The summed E-state index contributed by atoms with van der Waals surface area (Å²) < 4.78 is 12.1. The molecule has 0 aliphatic carbocycles. The molecule has 6 heteroatoms. The van der Waals surface area contributed by atoms with E-state index < -0.39 is 4.92 Å². The normalized spacial score (nSPS) is 10.5. The van der Waals surface area contributed by atoms with Crippen molar-refractivity contribution in [2.45, 2.75) is 20.0 Å². The van der Waals surface area contributed by atoms with Crippen molar-refractivity contribution >= 4 is 28.3 Å². The van der Waals surface area contributed by atoms with Gasteiger partial charge in [-0.25, -0.2) is 0 Å². The Morgan fingerprint density at radius 1 is 1.14 bits per heavy atom. The van der Waals surface area contributed by atoms with Crippen LogP contribution in [0.4, 0.5) is 5.69 Å². The average Bonchev–Trinajstić information content (AvgIpc) is 2.37. The third-order valence-corrected chi connectivity index (χ3v) is 3.20. The zero-order valence-corrected chi connectivity index (χ0v) is 13.7. The first-order chi connectivity index (χ1) is 9.97.